The summed E-state index contributed by atoms with van der Waals surface area (Å²) in [4.78, 5) is 8.51. The number of benzene rings is 1. The highest BCUT2D eigenvalue weighted by Gasteiger charge is 2.11. The molecule has 0 radical (unpaired) electrons. The van der Waals surface area contributed by atoms with E-state index >= 15 is 0 Å². The maximum atomic E-state index is 12.9. The fraction of sp³-hybridized carbons (Fsp3) is 0.231. The molecule has 88 valence electrons. The van der Waals surface area contributed by atoms with Crippen LogP contribution >= 0.6 is 0 Å². The van der Waals surface area contributed by atoms with E-state index in [1.54, 1.807) is 19.1 Å². The molecule has 0 fully saturated rings. The molecular weight excluding hydrogens is 219 g/mol. The molecule has 0 unspecified atom stereocenters. The first kappa shape index (κ1) is 11.7. The van der Waals surface area contributed by atoms with Crippen LogP contribution in [0.4, 0.5) is 4.39 Å². The highest BCUT2D eigenvalue weighted by molar-refractivity contribution is 5.63. The van der Waals surface area contributed by atoms with Gasteiger partial charge in [0.05, 0.1) is 12.3 Å². The van der Waals surface area contributed by atoms with Crippen LogP contribution in [0.2, 0.25) is 0 Å². The van der Waals surface area contributed by atoms with Crippen LogP contribution in [0, 0.1) is 19.7 Å². The van der Waals surface area contributed by atoms with Crippen molar-refractivity contribution in [1.29, 1.82) is 0 Å². The molecule has 4 heteroatoms. The molecule has 1 aromatic carbocycles. The fourth-order valence-electron chi connectivity index (χ4n) is 1.77. The van der Waals surface area contributed by atoms with E-state index in [1.165, 1.54) is 12.1 Å². The van der Waals surface area contributed by atoms with Gasteiger partial charge in [0.2, 0.25) is 0 Å². The molecule has 0 saturated heterocycles. The number of rotatable bonds is 2. The second-order valence-electron chi connectivity index (χ2n) is 3.85. The van der Waals surface area contributed by atoms with Crippen molar-refractivity contribution in [3.8, 4) is 11.3 Å². The van der Waals surface area contributed by atoms with E-state index in [4.69, 9.17) is 0 Å². The Bertz CT molecular complexity index is 538. The summed E-state index contributed by atoms with van der Waals surface area (Å²) in [6, 6.07) is 6.05. The Morgan fingerprint density at radius 3 is 2.35 bits per heavy atom. The van der Waals surface area contributed by atoms with Crippen LogP contribution in [0.15, 0.2) is 24.3 Å². The van der Waals surface area contributed by atoms with Crippen molar-refractivity contribution < 1.29 is 9.50 Å². The molecule has 2 rings (SSSR count). The minimum Gasteiger partial charge on any atom is -0.392 e. The lowest BCUT2D eigenvalue weighted by molar-refractivity contribution is 0.280. The minimum atomic E-state index is -0.290. The molecule has 1 heterocycles. The van der Waals surface area contributed by atoms with Crippen LogP contribution < -0.4 is 0 Å². The predicted molar refractivity (Wildman–Crippen MR) is 62.8 cm³/mol. The number of hydrogen-bond acceptors (Lipinski definition) is 3. The quantitative estimate of drug-likeness (QED) is 0.864. The third-order valence-electron chi connectivity index (χ3n) is 2.60. The van der Waals surface area contributed by atoms with E-state index in [0.29, 0.717) is 17.1 Å². The molecule has 0 aliphatic heterocycles. The number of nitrogens with zero attached hydrogens (tertiary/aromatic N) is 2. The van der Waals surface area contributed by atoms with Gasteiger partial charge in [-0.1, -0.05) is 0 Å². The second-order valence-corrected chi connectivity index (χ2v) is 3.85. The molecule has 0 saturated carbocycles. The summed E-state index contributed by atoms with van der Waals surface area (Å²) in [5.74, 6) is 0.348. The zero-order valence-corrected chi connectivity index (χ0v) is 9.74. The van der Waals surface area contributed by atoms with Crippen molar-refractivity contribution in [2.75, 3.05) is 0 Å². The monoisotopic (exact) mass is 232 g/mol. The highest BCUT2D eigenvalue weighted by Crippen LogP contribution is 2.23. The SMILES string of the molecule is Cc1nc(C)c(CO)c(-c2ccc(F)cc2)n1. The maximum absolute atomic E-state index is 12.9. The van der Waals surface area contributed by atoms with E-state index in [9.17, 15) is 9.50 Å². The van der Waals surface area contributed by atoms with Crippen LogP contribution in [-0.2, 0) is 6.61 Å². The number of aliphatic hydroxyl groups excluding tert-OH is 1. The first-order chi connectivity index (χ1) is 8.11. The standard InChI is InChI=1S/C13H13FN2O/c1-8-12(7-17)13(16-9(2)15-8)10-3-5-11(14)6-4-10/h3-6,17H,7H2,1-2H3. The Balaban J connectivity index is 2.61. The average molecular weight is 232 g/mol. The van der Waals surface area contributed by atoms with Crippen molar-refractivity contribution in [3.05, 3.63) is 47.2 Å². The summed E-state index contributed by atoms with van der Waals surface area (Å²) in [5, 5.41) is 9.35. The molecule has 0 amide bonds. The van der Waals surface area contributed by atoms with E-state index in [2.05, 4.69) is 9.97 Å². The highest BCUT2D eigenvalue weighted by atomic mass is 19.1. The molecule has 0 spiro atoms. The van der Waals surface area contributed by atoms with Gasteiger partial charge in [0.25, 0.3) is 0 Å². The van der Waals surface area contributed by atoms with Gasteiger partial charge in [0, 0.05) is 16.8 Å². The van der Waals surface area contributed by atoms with Crippen molar-refractivity contribution in [2.24, 2.45) is 0 Å². The van der Waals surface area contributed by atoms with Gasteiger partial charge in [-0.25, -0.2) is 14.4 Å². The lowest BCUT2D eigenvalue weighted by Gasteiger charge is -2.10. The van der Waals surface area contributed by atoms with Crippen LogP contribution in [0.5, 0.6) is 0 Å². The van der Waals surface area contributed by atoms with Gasteiger partial charge in [-0.3, -0.25) is 0 Å². The zero-order valence-electron chi connectivity index (χ0n) is 9.74. The molecular formula is C13H13FN2O. The lowest BCUT2D eigenvalue weighted by Crippen LogP contribution is -2.02. The van der Waals surface area contributed by atoms with Gasteiger partial charge in [0.1, 0.15) is 11.6 Å². The van der Waals surface area contributed by atoms with E-state index in [-0.39, 0.29) is 12.4 Å². The van der Waals surface area contributed by atoms with Gasteiger partial charge < -0.3 is 5.11 Å². The second kappa shape index (κ2) is 4.59. The first-order valence-electron chi connectivity index (χ1n) is 5.32. The number of aliphatic hydroxyl groups is 1. The minimum absolute atomic E-state index is 0.126. The number of hydrogen-bond donors (Lipinski definition) is 1. The van der Waals surface area contributed by atoms with Gasteiger partial charge >= 0.3 is 0 Å². The Morgan fingerprint density at radius 1 is 1.12 bits per heavy atom. The lowest BCUT2D eigenvalue weighted by atomic mass is 10.1. The molecule has 17 heavy (non-hydrogen) atoms. The van der Waals surface area contributed by atoms with Gasteiger partial charge in [0.15, 0.2) is 0 Å². The van der Waals surface area contributed by atoms with Crippen LogP contribution in [-0.4, -0.2) is 15.1 Å². The molecule has 0 atom stereocenters. The van der Waals surface area contributed by atoms with E-state index < -0.39 is 0 Å². The number of halogens is 1. The van der Waals surface area contributed by atoms with Crippen LogP contribution in [0.25, 0.3) is 11.3 Å². The van der Waals surface area contributed by atoms with Gasteiger partial charge in [-0.15, -0.1) is 0 Å². The van der Waals surface area contributed by atoms with Crippen molar-refractivity contribution >= 4 is 0 Å². The largest absolute Gasteiger partial charge is 0.392 e. The zero-order chi connectivity index (χ0) is 12.4. The smallest absolute Gasteiger partial charge is 0.126 e. The molecule has 2 aromatic rings. The Kier molecular flexibility index (Phi) is 3.15. The van der Waals surface area contributed by atoms with Crippen molar-refractivity contribution in [3.63, 3.8) is 0 Å². The topological polar surface area (TPSA) is 46.0 Å². The molecule has 1 aromatic heterocycles. The summed E-state index contributed by atoms with van der Waals surface area (Å²) < 4.78 is 12.9. The third-order valence-corrected chi connectivity index (χ3v) is 2.60. The van der Waals surface area contributed by atoms with Crippen molar-refractivity contribution in [2.45, 2.75) is 20.5 Å². The fourth-order valence-corrected chi connectivity index (χ4v) is 1.77. The molecule has 1 N–H and O–H groups in total. The third kappa shape index (κ3) is 2.31. The number of aromatic nitrogens is 2. The predicted octanol–water partition coefficient (Wildman–Crippen LogP) is 2.39. The Hall–Kier alpha value is -1.81. The van der Waals surface area contributed by atoms with Crippen molar-refractivity contribution in [1.82, 2.24) is 9.97 Å². The molecule has 3 nitrogen and oxygen atoms in total. The summed E-state index contributed by atoms with van der Waals surface area (Å²) in [5.41, 5.74) is 2.88. The summed E-state index contributed by atoms with van der Waals surface area (Å²) in [6.07, 6.45) is 0. The van der Waals surface area contributed by atoms with E-state index in [1.807, 2.05) is 6.92 Å². The van der Waals surface area contributed by atoms with Gasteiger partial charge in [-0.05, 0) is 38.1 Å². The first-order valence-corrected chi connectivity index (χ1v) is 5.32. The summed E-state index contributed by atoms with van der Waals surface area (Å²) in [7, 11) is 0. The summed E-state index contributed by atoms with van der Waals surface area (Å²) in [6.45, 7) is 3.49. The normalized spacial score (nSPS) is 10.6. The Labute approximate surface area is 99.0 Å². The molecule has 0 aliphatic rings. The molecule has 0 bridgehead atoms. The average Bonchev–Trinajstić information content (AvgIpc) is 2.29. The number of aryl methyl sites for hydroxylation is 2. The van der Waals surface area contributed by atoms with E-state index in [0.717, 1.165) is 11.3 Å². The maximum Gasteiger partial charge on any atom is 0.126 e. The summed E-state index contributed by atoms with van der Waals surface area (Å²) >= 11 is 0. The van der Waals surface area contributed by atoms with Crippen LogP contribution in [0.3, 0.4) is 0 Å². The molecule has 0 aliphatic carbocycles. The van der Waals surface area contributed by atoms with Crippen LogP contribution in [0.1, 0.15) is 17.1 Å². The Morgan fingerprint density at radius 2 is 1.76 bits per heavy atom. The van der Waals surface area contributed by atoms with Gasteiger partial charge in [-0.2, -0.15) is 0 Å².